The van der Waals surface area contributed by atoms with Crippen LogP contribution in [0.3, 0.4) is 0 Å². The fourth-order valence-corrected chi connectivity index (χ4v) is 2.79. The van der Waals surface area contributed by atoms with Crippen LogP contribution in [0.15, 0.2) is 6.33 Å². The van der Waals surface area contributed by atoms with Gasteiger partial charge in [-0.1, -0.05) is 0 Å². The summed E-state index contributed by atoms with van der Waals surface area (Å²) < 4.78 is 38.0. The van der Waals surface area contributed by atoms with Gasteiger partial charge < -0.3 is 14.8 Å². The molecule has 1 amide bonds. The highest BCUT2D eigenvalue weighted by Crippen LogP contribution is 2.26. The van der Waals surface area contributed by atoms with E-state index in [1.807, 2.05) is 11.5 Å². The molecule has 23 heavy (non-hydrogen) atoms. The third-order valence-corrected chi connectivity index (χ3v) is 4.04. The summed E-state index contributed by atoms with van der Waals surface area (Å²) in [7, 11) is 0. The summed E-state index contributed by atoms with van der Waals surface area (Å²) >= 11 is 0. The van der Waals surface area contributed by atoms with Crippen molar-refractivity contribution in [2.75, 3.05) is 26.2 Å². The van der Waals surface area contributed by atoms with Gasteiger partial charge in [0.25, 0.3) is 0 Å². The third-order valence-electron chi connectivity index (χ3n) is 4.04. The minimum Gasteiger partial charge on any atom is -0.343 e. The van der Waals surface area contributed by atoms with E-state index in [9.17, 15) is 18.0 Å². The van der Waals surface area contributed by atoms with Crippen molar-refractivity contribution in [2.45, 2.75) is 44.8 Å². The van der Waals surface area contributed by atoms with E-state index in [2.05, 4.69) is 15.5 Å². The third kappa shape index (κ3) is 5.19. The van der Waals surface area contributed by atoms with E-state index in [0.717, 1.165) is 25.2 Å². The maximum absolute atomic E-state index is 12.0. The van der Waals surface area contributed by atoms with E-state index in [-0.39, 0.29) is 24.8 Å². The van der Waals surface area contributed by atoms with Gasteiger partial charge in [0.15, 0.2) is 0 Å². The molecule has 6 nitrogen and oxygen atoms in total. The molecule has 0 atom stereocenters. The van der Waals surface area contributed by atoms with Crippen LogP contribution in [-0.2, 0) is 11.3 Å². The van der Waals surface area contributed by atoms with Crippen molar-refractivity contribution in [1.29, 1.82) is 0 Å². The van der Waals surface area contributed by atoms with E-state index in [4.69, 9.17) is 0 Å². The number of rotatable bonds is 6. The fraction of sp³-hybridized carbons (Fsp3) is 0.786. The Kier molecular flexibility index (Phi) is 5.97. The maximum atomic E-state index is 12.0. The molecule has 0 spiro atoms. The topological polar surface area (TPSA) is 63.1 Å². The monoisotopic (exact) mass is 333 g/mol. The average Bonchev–Trinajstić information content (AvgIpc) is 2.99. The van der Waals surface area contributed by atoms with Gasteiger partial charge in [-0.2, -0.15) is 13.2 Å². The molecule has 0 bridgehead atoms. The lowest BCUT2D eigenvalue weighted by molar-refractivity contribution is -0.134. The number of halogens is 3. The van der Waals surface area contributed by atoms with Crippen molar-refractivity contribution in [3.63, 3.8) is 0 Å². The number of hydrogen-bond donors (Lipinski definition) is 1. The normalized spacial score (nSPS) is 16.8. The molecule has 0 radical (unpaired) electrons. The lowest BCUT2D eigenvalue weighted by Crippen LogP contribution is -2.40. The summed E-state index contributed by atoms with van der Waals surface area (Å²) in [5.41, 5.74) is 0. The van der Waals surface area contributed by atoms with Crippen LogP contribution in [0.4, 0.5) is 13.2 Å². The van der Waals surface area contributed by atoms with Gasteiger partial charge in [0, 0.05) is 38.5 Å². The molecule has 0 saturated carbocycles. The first-order chi connectivity index (χ1) is 10.9. The summed E-state index contributed by atoms with van der Waals surface area (Å²) in [6.07, 6.45) is -0.831. The predicted octanol–water partition coefficient (Wildman–Crippen LogP) is 1.55. The molecule has 1 aromatic heterocycles. The fourth-order valence-electron chi connectivity index (χ4n) is 2.79. The molecule has 2 rings (SSSR count). The number of aromatic nitrogens is 3. The Morgan fingerprint density at radius 3 is 2.70 bits per heavy atom. The zero-order valence-electron chi connectivity index (χ0n) is 13.1. The van der Waals surface area contributed by atoms with Crippen LogP contribution >= 0.6 is 0 Å². The number of aryl methyl sites for hydroxylation is 1. The van der Waals surface area contributed by atoms with Crippen LogP contribution in [0.5, 0.6) is 0 Å². The molecule has 1 fully saturated rings. The van der Waals surface area contributed by atoms with Gasteiger partial charge in [-0.3, -0.25) is 4.79 Å². The molecule has 1 aromatic rings. The van der Waals surface area contributed by atoms with E-state index >= 15 is 0 Å². The number of alkyl halides is 3. The van der Waals surface area contributed by atoms with Crippen molar-refractivity contribution in [3.05, 3.63) is 12.2 Å². The second-order valence-corrected chi connectivity index (χ2v) is 5.67. The lowest BCUT2D eigenvalue weighted by Gasteiger charge is -2.31. The van der Waals surface area contributed by atoms with Crippen molar-refractivity contribution < 1.29 is 18.0 Å². The summed E-state index contributed by atoms with van der Waals surface area (Å²) in [5, 5.41) is 10.3. The Balaban J connectivity index is 1.72. The molecule has 1 saturated heterocycles. The van der Waals surface area contributed by atoms with Crippen LogP contribution in [0.2, 0.25) is 0 Å². The lowest BCUT2D eigenvalue weighted by atomic mass is 9.95. The highest BCUT2D eigenvalue weighted by Gasteiger charge is 2.28. The Hall–Kier alpha value is -1.64. The Labute approximate surface area is 133 Å². The Morgan fingerprint density at radius 1 is 1.39 bits per heavy atom. The summed E-state index contributed by atoms with van der Waals surface area (Å²) in [5.74, 6) is 1.13. The van der Waals surface area contributed by atoms with Crippen LogP contribution in [0, 0.1) is 0 Å². The Bertz CT molecular complexity index is 509. The summed E-state index contributed by atoms with van der Waals surface area (Å²) in [6, 6.07) is 0. The SMILES string of the molecule is CCn1cnnc1C1CCN(C(=O)CCNCC(F)(F)F)CC1. The molecule has 130 valence electrons. The molecule has 1 N–H and O–H groups in total. The van der Waals surface area contributed by atoms with Crippen molar-refractivity contribution >= 4 is 5.91 Å². The van der Waals surface area contributed by atoms with Gasteiger partial charge in [-0.05, 0) is 19.8 Å². The van der Waals surface area contributed by atoms with Gasteiger partial charge in [0.2, 0.25) is 5.91 Å². The summed E-state index contributed by atoms with van der Waals surface area (Å²) in [6.45, 7) is 3.04. The van der Waals surface area contributed by atoms with Crippen LogP contribution < -0.4 is 5.32 Å². The van der Waals surface area contributed by atoms with E-state index < -0.39 is 12.7 Å². The minimum atomic E-state index is -4.24. The number of nitrogens with one attached hydrogen (secondary N) is 1. The molecule has 0 unspecified atom stereocenters. The van der Waals surface area contributed by atoms with E-state index in [1.165, 1.54) is 0 Å². The second-order valence-electron chi connectivity index (χ2n) is 5.67. The quantitative estimate of drug-likeness (QED) is 0.802. The number of likely N-dealkylation sites (tertiary alicyclic amines) is 1. The van der Waals surface area contributed by atoms with Crippen molar-refractivity contribution in [1.82, 2.24) is 25.0 Å². The van der Waals surface area contributed by atoms with Crippen LogP contribution in [0.1, 0.15) is 37.9 Å². The van der Waals surface area contributed by atoms with Crippen molar-refractivity contribution in [3.8, 4) is 0 Å². The number of hydrogen-bond acceptors (Lipinski definition) is 4. The Morgan fingerprint density at radius 2 is 2.09 bits per heavy atom. The summed E-state index contributed by atoms with van der Waals surface area (Å²) in [4.78, 5) is 13.7. The number of nitrogens with zero attached hydrogens (tertiary/aromatic N) is 4. The van der Waals surface area contributed by atoms with Gasteiger partial charge >= 0.3 is 6.18 Å². The number of piperidine rings is 1. The zero-order valence-corrected chi connectivity index (χ0v) is 13.1. The standard InChI is InChI=1S/C14H22F3N5O/c1-2-21-10-19-20-13(21)11-4-7-22(8-5-11)12(23)3-6-18-9-14(15,16)17/h10-11,18H,2-9H2,1H3. The highest BCUT2D eigenvalue weighted by molar-refractivity contribution is 5.76. The molecule has 2 heterocycles. The first-order valence-corrected chi connectivity index (χ1v) is 7.83. The molecule has 0 aromatic carbocycles. The van der Waals surface area contributed by atoms with Crippen molar-refractivity contribution in [2.24, 2.45) is 0 Å². The largest absolute Gasteiger partial charge is 0.401 e. The molecule has 1 aliphatic rings. The predicted molar refractivity (Wildman–Crippen MR) is 77.8 cm³/mol. The highest BCUT2D eigenvalue weighted by atomic mass is 19.4. The van der Waals surface area contributed by atoms with Crippen LogP contribution in [0.25, 0.3) is 0 Å². The smallest absolute Gasteiger partial charge is 0.343 e. The van der Waals surface area contributed by atoms with Gasteiger partial charge in [-0.15, -0.1) is 10.2 Å². The van der Waals surface area contributed by atoms with Gasteiger partial charge in [-0.25, -0.2) is 0 Å². The zero-order chi connectivity index (χ0) is 16.9. The molecule has 1 aliphatic heterocycles. The van der Waals surface area contributed by atoms with E-state index in [1.54, 1.807) is 11.2 Å². The maximum Gasteiger partial charge on any atom is 0.401 e. The minimum absolute atomic E-state index is 0.0441. The van der Waals surface area contributed by atoms with Gasteiger partial charge in [0.05, 0.1) is 6.54 Å². The average molecular weight is 333 g/mol. The molecule has 9 heteroatoms. The van der Waals surface area contributed by atoms with E-state index in [0.29, 0.717) is 13.1 Å². The molecular weight excluding hydrogens is 311 g/mol. The second kappa shape index (κ2) is 7.76. The molecular formula is C14H22F3N5O. The first-order valence-electron chi connectivity index (χ1n) is 7.83. The number of carbonyl (C=O) groups is 1. The van der Waals surface area contributed by atoms with Gasteiger partial charge in [0.1, 0.15) is 12.2 Å². The molecule has 0 aliphatic carbocycles. The first kappa shape index (κ1) is 17.7. The number of amides is 1. The van der Waals surface area contributed by atoms with Crippen LogP contribution in [-0.4, -0.2) is 57.9 Å². The number of carbonyl (C=O) groups excluding carboxylic acids is 1.